The average molecular weight is 673 g/mol. The summed E-state index contributed by atoms with van der Waals surface area (Å²) in [5.41, 5.74) is 2.09. The lowest BCUT2D eigenvalue weighted by Gasteiger charge is -2.42. The number of rotatable bonds is 2. The fourth-order valence-electron chi connectivity index (χ4n) is 7.37. The Bertz CT molecular complexity index is 1750. The summed E-state index contributed by atoms with van der Waals surface area (Å²) >= 11 is 0. The number of likely N-dealkylation sites (tertiary alicyclic amines) is 1. The summed E-state index contributed by atoms with van der Waals surface area (Å²) in [5.74, 6) is -1.51. The number of carbonyl (C=O) groups is 5. The average Bonchev–Trinajstić information content (AvgIpc) is 3.73. The Morgan fingerprint density at radius 3 is 2.55 bits per heavy atom. The van der Waals surface area contributed by atoms with E-state index in [0.717, 1.165) is 16.5 Å². The van der Waals surface area contributed by atoms with E-state index in [4.69, 9.17) is 4.74 Å². The number of aliphatic hydroxyl groups is 1. The van der Waals surface area contributed by atoms with Crippen molar-refractivity contribution < 1.29 is 33.8 Å². The predicted molar refractivity (Wildman–Crippen MR) is 180 cm³/mol. The number of nitrogens with zero attached hydrogens (tertiary/aromatic N) is 3. The quantitative estimate of drug-likeness (QED) is 0.317. The summed E-state index contributed by atoms with van der Waals surface area (Å²) in [6.07, 6.45) is 4.57. The van der Waals surface area contributed by atoms with E-state index >= 15 is 0 Å². The van der Waals surface area contributed by atoms with E-state index in [1.54, 1.807) is 13.0 Å². The molecule has 0 radical (unpaired) electrons. The fourth-order valence-corrected chi connectivity index (χ4v) is 7.37. The maximum atomic E-state index is 13.8. The second-order valence-corrected chi connectivity index (χ2v) is 13.5. The van der Waals surface area contributed by atoms with E-state index in [-0.39, 0.29) is 19.1 Å². The number of aryl methyl sites for hydroxylation is 1. The summed E-state index contributed by atoms with van der Waals surface area (Å²) in [4.78, 5) is 69.8. The molecular formula is C36H44N6O7. The van der Waals surface area contributed by atoms with Gasteiger partial charge in [0, 0.05) is 50.3 Å². The van der Waals surface area contributed by atoms with Crippen molar-refractivity contribution in [3.63, 3.8) is 0 Å². The van der Waals surface area contributed by atoms with Gasteiger partial charge in [-0.2, -0.15) is 0 Å². The highest BCUT2D eigenvalue weighted by Crippen LogP contribution is 2.36. The van der Waals surface area contributed by atoms with Crippen LogP contribution in [0.15, 0.2) is 54.7 Å². The number of piperidine rings is 1. The number of carbonyl (C=O) groups excluding carboxylic acids is 5. The van der Waals surface area contributed by atoms with Crippen molar-refractivity contribution in [1.29, 1.82) is 0 Å². The lowest BCUT2D eigenvalue weighted by atomic mass is 9.73. The number of hydrogen-bond acceptors (Lipinski definition) is 7. The van der Waals surface area contributed by atoms with Gasteiger partial charge in [0.2, 0.25) is 17.7 Å². The molecule has 3 aliphatic heterocycles. The molecule has 5 amide bonds. The summed E-state index contributed by atoms with van der Waals surface area (Å²) < 4.78 is 7.77. The van der Waals surface area contributed by atoms with Crippen LogP contribution in [0.5, 0.6) is 5.75 Å². The molecule has 13 nitrogen and oxygen atoms in total. The highest BCUT2D eigenvalue weighted by Gasteiger charge is 2.40. The van der Waals surface area contributed by atoms with Gasteiger partial charge in [-0.05, 0) is 68.2 Å². The maximum Gasteiger partial charge on any atom is 0.258 e. The van der Waals surface area contributed by atoms with Gasteiger partial charge in [0.25, 0.3) is 11.8 Å². The minimum atomic E-state index is -1.22. The van der Waals surface area contributed by atoms with Crippen molar-refractivity contribution in [1.82, 2.24) is 30.3 Å². The zero-order valence-corrected chi connectivity index (χ0v) is 27.9. The summed E-state index contributed by atoms with van der Waals surface area (Å²) in [6, 6.07) is 12.3. The molecule has 2 saturated heterocycles. The molecule has 260 valence electrons. The van der Waals surface area contributed by atoms with Gasteiger partial charge < -0.3 is 40.2 Å². The molecular weight excluding hydrogens is 628 g/mol. The smallest absolute Gasteiger partial charge is 0.258 e. The van der Waals surface area contributed by atoms with E-state index in [9.17, 15) is 29.1 Å². The van der Waals surface area contributed by atoms with Crippen LogP contribution in [-0.2, 0) is 32.6 Å². The first-order valence-corrected chi connectivity index (χ1v) is 16.9. The highest BCUT2D eigenvalue weighted by atomic mass is 16.5. The normalized spacial score (nSPS) is 23.9. The van der Waals surface area contributed by atoms with Crippen molar-refractivity contribution in [3.8, 4) is 5.75 Å². The molecule has 13 heteroatoms. The molecule has 3 aromatic rings. The Balaban J connectivity index is 1.24. The Morgan fingerprint density at radius 2 is 1.78 bits per heavy atom. The minimum absolute atomic E-state index is 0.0442. The molecule has 4 N–H and O–H groups in total. The maximum absolute atomic E-state index is 13.8. The molecule has 49 heavy (non-hydrogen) atoms. The van der Waals surface area contributed by atoms with Gasteiger partial charge in [-0.25, -0.2) is 0 Å². The zero-order chi connectivity index (χ0) is 34.7. The number of benzene rings is 2. The standard InChI is InChI=1S/C36H44N6O7/c1-23-34(47)42-14-6-11-30(42)33(46)39-28(20-43)32(45)37-22-36(18-24-7-5-8-25(17-24)49-21-31(44)38-23)12-15-41(16-13-36)35(48)27-19-40(2)29-10-4-3-9-26(27)29/h3-5,7-10,17,19,23,28,30,43H,6,11-16,18,20-22H2,1-2H3,(H,37,45)(H,38,44)(H,39,46)/t23-,28-,30-/m0/s1. The van der Waals surface area contributed by atoms with Crippen LogP contribution in [0, 0.1) is 5.41 Å². The SMILES string of the molecule is C[C@@H]1NC(=O)COc2cccc(c2)CC2(CCN(C(=O)c3cn(C)c4ccccc34)CC2)CNC(=O)[C@H](CO)NC(=O)[C@@H]2CCCN2C1=O. The number of hydrogen-bond donors (Lipinski definition) is 4. The van der Waals surface area contributed by atoms with Crippen LogP contribution in [-0.4, -0.2) is 107 Å². The van der Waals surface area contributed by atoms with E-state index in [2.05, 4.69) is 16.0 Å². The molecule has 1 aromatic heterocycles. The number of nitrogens with one attached hydrogen (secondary N) is 3. The van der Waals surface area contributed by atoms with Gasteiger partial charge in [-0.15, -0.1) is 0 Å². The van der Waals surface area contributed by atoms with E-state index < -0.39 is 53.8 Å². The van der Waals surface area contributed by atoms with Crippen LogP contribution in [0.4, 0.5) is 0 Å². The summed E-state index contributed by atoms with van der Waals surface area (Å²) in [7, 11) is 1.92. The molecule has 4 heterocycles. The summed E-state index contributed by atoms with van der Waals surface area (Å²) in [6.45, 7) is 2.16. The van der Waals surface area contributed by atoms with Crippen molar-refractivity contribution in [3.05, 3.63) is 65.9 Å². The number of para-hydroxylation sites is 1. The molecule has 3 aliphatic rings. The first-order valence-electron chi connectivity index (χ1n) is 16.9. The number of fused-ring (bicyclic) bond motifs is 4. The van der Waals surface area contributed by atoms with Gasteiger partial charge in [0.15, 0.2) is 6.61 Å². The van der Waals surface area contributed by atoms with Gasteiger partial charge in [0.1, 0.15) is 23.9 Å². The van der Waals surface area contributed by atoms with Crippen LogP contribution in [0.2, 0.25) is 0 Å². The molecule has 2 bridgehead atoms. The van der Waals surface area contributed by atoms with Gasteiger partial charge in [-0.3, -0.25) is 24.0 Å². The number of aliphatic hydroxyl groups excluding tert-OH is 1. The molecule has 2 aromatic carbocycles. The second-order valence-electron chi connectivity index (χ2n) is 13.5. The molecule has 0 unspecified atom stereocenters. The Morgan fingerprint density at radius 1 is 1.00 bits per heavy atom. The zero-order valence-electron chi connectivity index (χ0n) is 27.9. The highest BCUT2D eigenvalue weighted by molar-refractivity contribution is 6.07. The summed E-state index contributed by atoms with van der Waals surface area (Å²) in [5, 5.41) is 19.3. The molecule has 2 fully saturated rings. The van der Waals surface area contributed by atoms with Gasteiger partial charge in [0.05, 0.1) is 12.2 Å². The van der Waals surface area contributed by atoms with Crippen LogP contribution in [0.25, 0.3) is 10.9 Å². The van der Waals surface area contributed by atoms with Crippen molar-refractivity contribution in [2.24, 2.45) is 12.5 Å². The van der Waals surface area contributed by atoms with Crippen LogP contribution in [0.1, 0.15) is 48.5 Å². The Labute approximate surface area is 284 Å². The van der Waals surface area contributed by atoms with Crippen LogP contribution in [0.3, 0.4) is 0 Å². The first kappa shape index (κ1) is 34.0. The fraction of sp³-hybridized carbons (Fsp3) is 0.472. The van der Waals surface area contributed by atoms with Crippen LogP contribution >= 0.6 is 0 Å². The van der Waals surface area contributed by atoms with E-state index in [0.29, 0.717) is 63.1 Å². The van der Waals surface area contributed by atoms with E-state index in [1.807, 2.05) is 65.2 Å². The third kappa shape index (κ3) is 7.26. The van der Waals surface area contributed by atoms with Crippen molar-refractivity contribution in [2.75, 3.05) is 39.4 Å². The molecule has 1 spiro atoms. The predicted octanol–water partition coefficient (Wildman–Crippen LogP) is 1.12. The van der Waals surface area contributed by atoms with Crippen molar-refractivity contribution >= 4 is 40.4 Å². The topological polar surface area (TPSA) is 162 Å². The number of amides is 5. The van der Waals surface area contributed by atoms with E-state index in [1.165, 1.54) is 4.90 Å². The third-order valence-corrected chi connectivity index (χ3v) is 10.1. The third-order valence-electron chi connectivity index (χ3n) is 10.1. The largest absolute Gasteiger partial charge is 0.484 e. The Kier molecular flexibility index (Phi) is 9.91. The second kappa shape index (κ2) is 14.3. The molecule has 0 aliphatic carbocycles. The molecule has 0 saturated carbocycles. The molecule has 3 atom stereocenters. The minimum Gasteiger partial charge on any atom is -0.484 e. The first-order chi connectivity index (χ1) is 23.6. The Hall–Kier alpha value is -4.91. The van der Waals surface area contributed by atoms with Gasteiger partial charge in [-0.1, -0.05) is 30.3 Å². The lowest BCUT2D eigenvalue weighted by molar-refractivity contribution is -0.142. The lowest BCUT2D eigenvalue weighted by Crippen LogP contribution is -2.57. The van der Waals surface area contributed by atoms with Crippen molar-refractivity contribution in [2.45, 2.75) is 57.2 Å². The monoisotopic (exact) mass is 672 g/mol. The van der Waals surface area contributed by atoms with Gasteiger partial charge >= 0.3 is 0 Å². The number of ether oxygens (including phenoxy) is 1. The molecule has 6 rings (SSSR count). The number of aromatic nitrogens is 1. The van der Waals surface area contributed by atoms with Crippen LogP contribution < -0.4 is 20.7 Å².